The number of hydrogen-bond donors (Lipinski definition) is 0. The van der Waals surface area contributed by atoms with Gasteiger partial charge in [0.15, 0.2) is 0 Å². The first-order valence-electron chi connectivity index (χ1n) is 6.37. The molecule has 3 nitrogen and oxygen atoms in total. The topological polar surface area (TPSA) is 33.2 Å². The molecule has 1 fully saturated rings. The smallest absolute Gasteiger partial charge is 0.339 e. The zero-order valence-electron chi connectivity index (χ0n) is 11.0. The Morgan fingerprint density at radius 2 is 2.15 bits per heavy atom. The number of aromatic nitrogens is 1. The van der Waals surface area contributed by atoms with Crippen LogP contribution in [0.15, 0.2) is 23.4 Å². The van der Waals surface area contributed by atoms with Gasteiger partial charge in [0.1, 0.15) is 0 Å². The minimum absolute atomic E-state index is 0.0155. The number of rotatable bonds is 5. The van der Waals surface area contributed by atoms with Crippen molar-refractivity contribution in [3.63, 3.8) is 0 Å². The number of thioether (sulfide) groups is 1. The normalized spacial score (nSPS) is 15.2. The van der Waals surface area contributed by atoms with Crippen LogP contribution in [0.5, 0.6) is 0 Å². The van der Waals surface area contributed by atoms with Gasteiger partial charge in [0.2, 0.25) is 5.91 Å². The molecule has 110 valence electrons. The van der Waals surface area contributed by atoms with Crippen molar-refractivity contribution in [1.29, 1.82) is 0 Å². The minimum atomic E-state index is -4.38. The van der Waals surface area contributed by atoms with Crippen molar-refractivity contribution in [1.82, 2.24) is 9.88 Å². The van der Waals surface area contributed by atoms with Crippen molar-refractivity contribution >= 4 is 17.7 Å². The molecule has 0 spiro atoms. The molecule has 0 aliphatic heterocycles. The molecule has 2 rings (SSSR count). The average molecular weight is 304 g/mol. The third-order valence-electron chi connectivity index (χ3n) is 3.06. The molecule has 0 bridgehead atoms. The van der Waals surface area contributed by atoms with Gasteiger partial charge in [0.25, 0.3) is 0 Å². The van der Waals surface area contributed by atoms with Crippen molar-refractivity contribution in [2.75, 3.05) is 12.3 Å². The third kappa shape index (κ3) is 3.88. The maximum Gasteiger partial charge on any atom is 0.417 e. The number of alkyl halides is 3. The molecule has 1 amide bonds. The highest BCUT2D eigenvalue weighted by Crippen LogP contribution is 2.30. The second-order valence-electron chi connectivity index (χ2n) is 4.58. The summed E-state index contributed by atoms with van der Waals surface area (Å²) < 4.78 is 37.1. The number of pyridine rings is 1. The molecule has 0 radical (unpaired) electrons. The van der Waals surface area contributed by atoms with Crippen LogP contribution in [0.25, 0.3) is 0 Å². The second-order valence-corrected chi connectivity index (χ2v) is 5.58. The molecule has 1 aromatic heterocycles. The van der Waals surface area contributed by atoms with Crippen molar-refractivity contribution < 1.29 is 18.0 Å². The van der Waals surface area contributed by atoms with E-state index in [1.165, 1.54) is 17.8 Å². The van der Waals surface area contributed by atoms with Crippen LogP contribution >= 0.6 is 11.8 Å². The number of carbonyl (C=O) groups excluding carboxylic acids is 1. The lowest BCUT2D eigenvalue weighted by molar-refractivity contribution is -0.138. The lowest BCUT2D eigenvalue weighted by Crippen LogP contribution is -2.34. The highest BCUT2D eigenvalue weighted by molar-refractivity contribution is 7.99. The summed E-state index contributed by atoms with van der Waals surface area (Å²) in [5, 5.41) is 0.429. The molecule has 20 heavy (non-hydrogen) atoms. The van der Waals surface area contributed by atoms with E-state index >= 15 is 0 Å². The standard InChI is InChI=1S/C13H15F3N2OS/c1-2-18(10-4-5-10)12(19)8-20-11-6-3-9(7-17-11)13(14,15)16/h3,6-7,10H,2,4-5,8H2,1H3. The quantitative estimate of drug-likeness (QED) is 0.783. The van der Waals surface area contributed by atoms with E-state index in [4.69, 9.17) is 0 Å². The number of halogens is 3. The van der Waals surface area contributed by atoms with Gasteiger partial charge in [-0.25, -0.2) is 4.98 Å². The molecule has 0 N–H and O–H groups in total. The Labute approximate surface area is 119 Å². The van der Waals surface area contributed by atoms with Crippen molar-refractivity contribution in [2.45, 2.75) is 37.0 Å². The zero-order valence-corrected chi connectivity index (χ0v) is 11.8. The summed E-state index contributed by atoms with van der Waals surface area (Å²) in [5.74, 6) is 0.226. The van der Waals surface area contributed by atoms with E-state index in [9.17, 15) is 18.0 Å². The molecule has 1 aliphatic carbocycles. The van der Waals surface area contributed by atoms with E-state index in [1.54, 1.807) is 0 Å². The SMILES string of the molecule is CCN(C(=O)CSc1ccc(C(F)(F)F)cn1)C1CC1. The third-order valence-corrected chi connectivity index (χ3v) is 3.98. The fourth-order valence-corrected chi connectivity index (χ4v) is 2.61. The van der Waals surface area contributed by atoms with Crippen molar-refractivity contribution in [3.8, 4) is 0 Å². The predicted octanol–water partition coefficient (Wildman–Crippen LogP) is 3.20. The summed E-state index contributed by atoms with van der Waals surface area (Å²) >= 11 is 1.17. The molecule has 1 aromatic rings. The van der Waals surface area contributed by atoms with Gasteiger partial charge in [0, 0.05) is 18.8 Å². The fraction of sp³-hybridized carbons (Fsp3) is 0.538. The van der Waals surface area contributed by atoms with Crippen LogP contribution in [-0.4, -0.2) is 34.1 Å². The van der Waals surface area contributed by atoms with Crippen molar-refractivity contribution in [2.24, 2.45) is 0 Å². The number of amides is 1. The van der Waals surface area contributed by atoms with Gasteiger partial charge < -0.3 is 4.90 Å². The first kappa shape index (κ1) is 15.2. The van der Waals surface area contributed by atoms with Crippen LogP contribution in [-0.2, 0) is 11.0 Å². The summed E-state index contributed by atoms with van der Waals surface area (Å²) in [4.78, 5) is 17.5. The van der Waals surface area contributed by atoms with Gasteiger partial charge in [-0.1, -0.05) is 11.8 Å². The molecule has 1 saturated carbocycles. The predicted molar refractivity (Wildman–Crippen MR) is 70.4 cm³/mol. The van der Waals surface area contributed by atoms with Crippen molar-refractivity contribution in [3.05, 3.63) is 23.9 Å². The van der Waals surface area contributed by atoms with E-state index in [2.05, 4.69) is 4.98 Å². The summed E-state index contributed by atoms with van der Waals surface area (Å²) in [5.41, 5.74) is -0.777. The number of nitrogens with zero attached hydrogens (tertiary/aromatic N) is 2. The molecule has 0 unspecified atom stereocenters. The van der Waals surface area contributed by atoms with Gasteiger partial charge >= 0.3 is 6.18 Å². The number of carbonyl (C=O) groups is 1. The summed E-state index contributed by atoms with van der Waals surface area (Å²) in [6, 6.07) is 2.64. The second kappa shape index (κ2) is 6.03. The minimum Gasteiger partial charge on any atom is -0.339 e. The van der Waals surface area contributed by atoms with Gasteiger partial charge in [-0.05, 0) is 31.9 Å². The molecular formula is C13H15F3N2OS. The Hall–Kier alpha value is -1.24. The Bertz CT molecular complexity index is 471. The molecular weight excluding hydrogens is 289 g/mol. The van der Waals surface area contributed by atoms with Gasteiger partial charge in [-0.2, -0.15) is 13.2 Å². The maximum absolute atomic E-state index is 12.4. The van der Waals surface area contributed by atoms with Gasteiger partial charge in [0.05, 0.1) is 16.3 Å². The lowest BCUT2D eigenvalue weighted by atomic mass is 10.3. The summed E-state index contributed by atoms with van der Waals surface area (Å²) in [6.45, 7) is 2.60. The van der Waals surface area contributed by atoms with Crippen LogP contribution in [0, 0.1) is 0 Å². The zero-order chi connectivity index (χ0) is 14.8. The highest BCUT2D eigenvalue weighted by atomic mass is 32.2. The molecule has 0 atom stereocenters. The Kier molecular flexibility index (Phi) is 4.57. The molecule has 7 heteroatoms. The summed E-state index contributed by atoms with van der Waals surface area (Å²) in [7, 11) is 0. The van der Waals surface area contributed by atoms with Crippen LogP contribution in [0.1, 0.15) is 25.3 Å². The first-order valence-corrected chi connectivity index (χ1v) is 7.36. The first-order chi connectivity index (χ1) is 9.41. The molecule has 1 aliphatic rings. The Balaban J connectivity index is 1.89. The van der Waals surface area contributed by atoms with E-state index < -0.39 is 11.7 Å². The van der Waals surface area contributed by atoms with E-state index in [1.807, 2.05) is 11.8 Å². The van der Waals surface area contributed by atoms with Crippen LogP contribution < -0.4 is 0 Å². The molecule has 0 saturated heterocycles. The van der Waals surface area contributed by atoms with Crippen LogP contribution in [0.3, 0.4) is 0 Å². The van der Waals surface area contributed by atoms with E-state index in [0.717, 1.165) is 25.1 Å². The lowest BCUT2D eigenvalue weighted by Gasteiger charge is -2.19. The summed E-state index contributed by atoms with van der Waals surface area (Å²) in [6.07, 6.45) is -1.49. The Morgan fingerprint density at radius 1 is 1.45 bits per heavy atom. The fourth-order valence-electron chi connectivity index (χ4n) is 1.88. The maximum atomic E-state index is 12.4. The highest BCUT2D eigenvalue weighted by Gasteiger charge is 2.32. The van der Waals surface area contributed by atoms with Gasteiger partial charge in [-0.3, -0.25) is 4.79 Å². The molecule has 0 aromatic carbocycles. The van der Waals surface area contributed by atoms with Crippen LogP contribution in [0.2, 0.25) is 0 Å². The largest absolute Gasteiger partial charge is 0.417 e. The monoisotopic (exact) mass is 304 g/mol. The average Bonchev–Trinajstić information content (AvgIpc) is 3.21. The van der Waals surface area contributed by atoms with E-state index in [-0.39, 0.29) is 11.7 Å². The Morgan fingerprint density at radius 3 is 2.60 bits per heavy atom. The van der Waals surface area contributed by atoms with Gasteiger partial charge in [-0.15, -0.1) is 0 Å². The van der Waals surface area contributed by atoms with E-state index in [0.29, 0.717) is 17.6 Å². The molecule has 1 heterocycles. The van der Waals surface area contributed by atoms with Crippen LogP contribution in [0.4, 0.5) is 13.2 Å². The number of hydrogen-bond acceptors (Lipinski definition) is 3.